The van der Waals surface area contributed by atoms with Gasteiger partial charge in [0.05, 0.1) is 22.5 Å². The molecule has 1 saturated carbocycles. The van der Waals surface area contributed by atoms with E-state index < -0.39 is 0 Å². The minimum atomic E-state index is -0.0279. The highest BCUT2D eigenvalue weighted by Gasteiger charge is 2.20. The Morgan fingerprint density at radius 2 is 1.79 bits per heavy atom. The lowest BCUT2D eigenvalue weighted by atomic mass is 9.95. The van der Waals surface area contributed by atoms with E-state index in [1.165, 1.54) is 42.4 Å². The van der Waals surface area contributed by atoms with E-state index in [1.54, 1.807) is 4.57 Å². The summed E-state index contributed by atoms with van der Waals surface area (Å²) in [6.45, 7) is 0.305. The number of carbonyl (C=O) groups excluding carboxylic acids is 1. The number of thiazole rings is 1. The summed E-state index contributed by atoms with van der Waals surface area (Å²) in [7, 11) is 0. The molecule has 0 radical (unpaired) electrons. The molecule has 7 nitrogen and oxygen atoms in total. The van der Waals surface area contributed by atoms with Gasteiger partial charge in [0.15, 0.2) is 11.0 Å². The molecular formula is C24H25N5O2S2. The summed E-state index contributed by atoms with van der Waals surface area (Å²) in [6, 6.07) is 17.9. The van der Waals surface area contributed by atoms with Crippen molar-refractivity contribution in [2.75, 3.05) is 5.75 Å². The summed E-state index contributed by atoms with van der Waals surface area (Å²) in [6.07, 6.45) is 5.74. The van der Waals surface area contributed by atoms with E-state index in [-0.39, 0.29) is 22.6 Å². The summed E-state index contributed by atoms with van der Waals surface area (Å²) < 4.78 is 4.62. The molecule has 2 aromatic carbocycles. The van der Waals surface area contributed by atoms with Crippen LogP contribution in [0.1, 0.15) is 37.9 Å². The summed E-state index contributed by atoms with van der Waals surface area (Å²) in [5.74, 6) is 0.959. The van der Waals surface area contributed by atoms with Crippen molar-refractivity contribution in [1.82, 2.24) is 24.6 Å². The second kappa shape index (κ2) is 9.93. The first-order valence-electron chi connectivity index (χ1n) is 11.2. The van der Waals surface area contributed by atoms with Gasteiger partial charge >= 0.3 is 4.87 Å². The fourth-order valence-corrected chi connectivity index (χ4v) is 5.96. The first-order chi connectivity index (χ1) is 16.2. The number of hydrogen-bond acceptors (Lipinski definition) is 6. The van der Waals surface area contributed by atoms with Crippen LogP contribution in [-0.2, 0) is 11.3 Å². The first kappa shape index (κ1) is 21.9. The Kier molecular flexibility index (Phi) is 6.59. The molecular weight excluding hydrogens is 454 g/mol. The number of fused-ring (bicyclic) bond motifs is 1. The summed E-state index contributed by atoms with van der Waals surface area (Å²) in [5, 5.41) is 12.6. The van der Waals surface area contributed by atoms with E-state index >= 15 is 0 Å². The molecule has 0 aliphatic heterocycles. The highest BCUT2D eigenvalue weighted by molar-refractivity contribution is 7.99. The molecule has 0 spiro atoms. The zero-order chi connectivity index (χ0) is 22.6. The molecule has 33 heavy (non-hydrogen) atoms. The zero-order valence-electron chi connectivity index (χ0n) is 18.1. The van der Waals surface area contributed by atoms with E-state index in [2.05, 4.69) is 15.5 Å². The normalized spacial score (nSPS) is 14.5. The van der Waals surface area contributed by atoms with Crippen LogP contribution in [0.15, 0.2) is 64.5 Å². The van der Waals surface area contributed by atoms with Crippen molar-refractivity contribution >= 4 is 39.2 Å². The zero-order valence-corrected chi connectivity index (χ0v) is 19.8. The van der Waals surface area contributed by atoms with E-state index in [0.717, 1.165) is 28.7 Å². The molecule has 0 unspecified atom stereocenters. The number of carbonyl (C=O) groups is 1. The van der Waals surface area contributed by atoms with Crippen LogP contribution in [0.5, 0.6) is 0 Å². The van der Waals surface area contributed by atoms with Gasteiger partial charge in [-0.25, -0.2) is 0 Å². The Balaban J connectivity index is 1.40. The minimum Gasteiger partial charge on any atom is -0.353 e. The first-order valence-corrected chi connectivity index (χ1v) is 13.0. The topological polar surface area (TPSA) is 81.8 Å². The molecule has 2 aromatic heterocycles. The van der Waals surface area contributed by atoms with Crippen LogP contribution in [0.25, 0.3) is 15.9 Å². The van der Waals surface area contributed by atoms with Crippen molar-refractivity contribution in [1.29, 1.82) is 0 Å². The van der Waals surface area contributed by atoms with E-state index in [9.17, 15) is 9.59 Å². The van der Waals surface area contributed by atoms with Crippen LogP contribution in [-0.4, -0.2) is 37.0 Å². The van der Waals surface area contributed by atoms with Crippen molar-refractivity contribution in [2.45, 2.75) is 49.8 Å². The molecule has 0 atom stereocenters. The van der Waals surface area contributed by atoms with Crippen molar-refractivity contribution in [2.24, 2.45) is 0 Å². The van der Waals surface area contributed by atoms with Crippen LogP contribution >= 0.6 is 23.1 Å². The molecule has 0 bridgehead atoms. The van der Waals surface area contributed by atoms with E-state index in [1.807, 2.05) is 59.2 Å². The van der Waals surface area contributed by atoms with Crippen molar-refractivity contribution in [3.63, 3.8) is 0 Å². The molecule has 1 fully saturated rings. The van der Waals surface area contributed by atoms with E-state index in [4.69, 9.17) is 0 Å². The van der Waals surface area contributed by atoms with Crippen molar-refractivity contribution in [3.05, 3.63) is 70.1 Å². The number of hydrogen-bond donors (Lipinski definition) is 1. The smallest absolute Gasteiger partial charge is 0.308 e. The maximum Gasteiger partial charge on any atom is 0.308 e. The standard InChI is InChI=1S/C24H25N5O2S2/c30-22(25-17-9-3-1-4-10-17)16-32-23-27-26-21(29(23)18-11-5-2-6-12-18)15-28-19-13-7-8-14-20(19)33-24(28)31/h2,5-8,11-14,17H,1,3-4,9-10,15-16H2,(H,25,30). The van der Waals surface area contributed by atoms with E-state index in [0.29, 0.717) is 17.5 Å². The Labute approximate surface area is 199 Å². The number of benzene rings is 2. The Morgan fingerprint density at radius 1 is 1.03 bits per heavy atom. The third-order valence-electron chi connectivity index (χ3n) is 5.89. The monoisotopic (exact) mass is 479 g/mol. The molecule has 170 valence electrons. The molecule has 9 heteroatoms. The van der Waals surface area contributed by atoms with Crippen LogP contribution in [0.4, 0.5) is 0 Å². The van der Waals surface area contributed by atoms with Gasteiger partial charge in [-0.1, -0.05) is 72.7 Å². The third-order valence-corrected chi connectivity index (χ3v) is 7.78. The Bertz CT molecular complexity index is 1310. The second-order valence-corrected chi connectivity index (χ2v) is 10.1. The molecule has 4 aromatic rings. The summed E-state index contributed by atoms with van der Waals surface area (Å²) >= 11 is 2.60. The number of nitrogens with zero attached hydrogens (tertiary/aromatic N) is 4. The van der Waals surface area contributed by atoms with Crippen molar-refractivity contribution in [3.8, 4) is 5.69 Å². The maximum atomic E-state index is 12.7. The summed E-state index contributed by atoms with van der Waals surface area (Å²) in [4.78, 5) is 25.2. The highest BCUT2D eigenvalue weighted by Crippen LogP contribution is 2.24. The molecule has 0 saturated heterocycles. The number of aromatic nitrogens is 4. The Morgan fingerprint density at radius 3 is 2.61 bits per heavy atom. The molecule has 2 heterocycles. The third kappa shape index (κ3) is 4.89. The molecule has 1 N–H and O–H groups in total. The number of para-hydroxylation sites is 2. The predicted molar refractivity (Wildman–Crippen MR) is 132 cm³/mol. The average molecular weight is 480 g/mol. The quantitative estimate of drug-likeness (QED) is 0.401. The summed E-state index contributed by atoms with van der Waals surface area (Å²) in [5.41, 5.74) is 1.79. The van der Waals surface area contributed by atoms with Gasteiger partial charge < -0.3 is 5.32 Å². The van der Waals surface area contributed by atoms with Gasteiger partial charge in [-0.2, -0.15) is 0 Å². The molecule has 1 amide bonds. The number of rotatable bonds is 7. The lowest BCUT2D eigenvalue weighted by Crippen LogP contribution is -2.37. The van der Waals surface area contributed by atoms with Gasteiger partial charge in [0, 0.05) is 11.7 Å². The van der Waals surface area contributed by atoms with Crippen LogP contribution < -0.4 is 10.2 Å². The van der Waals surface area contributed by atoms with Gasteiger partial charge in [-0.3, -0.25) is 18.7 Å². The number of nitrogens with one attached hydrogen (secondary N) is 1. The maximum absolute atomic E-state index is 12.7. The molecule has 5 rings (SSSR count). The van der Waals surface area contributed by atoms with Gasteiger partial charge in [-0.05, 0) is 37.1 Å². The molecule has 1 aliphatic carbocycles. The highest BCUT2D eigenvalue weighted by atomic mass is 32.2. The van der Waals surface area contributed by atoms with Crippen LogP contribution in [0.3, 0.4) is 0 Å². The largest absolute Gasteiger partial charge is 0.353 e. The average Bonchev–Trinajstić information content (AvgIpc) is 3.39. The fourth-order valence-electron chi connectivity index (χ4n) is 4.28. The number of amides is 1. The van der Waals surface area contributed by atoms with Gasteiger partial charge in [0.1, 0.15) is 0 Å². The van der Waals surface area contributed by atoms with Gasteiger partial charge in [-0.15, -0.1) is 10.2 Å². The lowest BCUT2D eigenvalue weighted by Gasteiger charge is -2.22. The Hall–Kier alpha value is -2.91. The molecule has 1 aliphatic rings. The predicted octanol–water partition coefficient (Wildman–Crippen LogP) is 4.23. The van der Waals surface area contributed by atoms with Gasteiger partial charge in [0.25, 0.3) is 0 Å². The minimum absolute atomic E-state index is 0.0242. The fraction of sp³-hybridized carbons (Fsp3) is 0.333. The van der Waals surface area contributed by atoms with Crippen LogP contribution in [0.2, 0.25) is 0 Å². The van der Waals surface area contributed by atoms with Crippen LogP contribution in [0, 0.1) is 0 Å². The number of thioether (sulfide) groups is 1. The van der Waals surface area contributed by atoms with Crippen molar-refractivity contribution < 1.29 is 4.79 Å². The van der Waals surface area contributed by atoms with Gasteiger partial charge in [0.2, 0.25) is 5.91 Å². The SMILES string of the molecule is O=C(CSc1nnc(Cn2c(=O)sc3ccccc32)n1-c1ccccc1)NC1CCCCC1. The second-order valence-electron chi connectivity index (χ2n) is 8.18. The lowest BCUT2D eigenvalue weighted by molar-refractivity contribution is -0.119.